The lowest BCUT2D eigenvalue weighted by atomic mass is 10.2. The SMILES string of the molecule is Cc1noc(-c2nn(-c3ccccc3)c(N)c2C)n1. The van der Waals surface area contributed by atoms with E-state index in [0.29, 0.717) is 23.2 Å². The Balaban J connectivity index is 2.15. The van der Waals surface area contributed by atoms with E-state index < -0.39 is 0 Å². The Morgan fingerprint density at radius 1 is 1.16 bits per heavy atom. The molecule has 96 valence electrons. The van der Waals surface area contributed by atoms with Crippen LogP contribution >= 0.6 is 0 Å². The molecule has 0 aliphatic carbocycles. The van der Waals surface area contributed by atoms with Crippen LogP contribution in [0.15, 0.2) is 34.9 Å². The smallest absolute Gasteiger partial charge is 0.278 e. The summed E-state index contributed by atoms with van der Waals surface area (Å²) < 4.78 is 6.81. The summed E-state index contributed by atoms with van der Waals surface area (Å²) in [5, 5.41) is 8.23. The molecule has 0 spiro atoms. The number of hydrogen-bond acceptors (Lipinski definition) is 5. The van der Waals surface area contributed by atoms with Crippen LogP contribution < -0.4 is 5.73 Å². The molecule has 0 radical (unpaired) electrons. The summed E-state index contributed by atoms with van der Waals surface area (Å²) in [7, 11) is 0. The second kappa shape index (κ2) is 4.24. The molecule has 2 heterocycles. The van der Waals surface area contributed by atoms with E-state index in [9.17, 15) is 0 Å². The molecule has 0 aliphatic heterocycles. The van der Waals surface area contributed by atoms with E-state index in [-0.39, 0.29) is 0 Å². The van der Waals surface area contributed by atoms with Gasteiger partial charge in [0.2, 0.25) is 0 Å². The van der Waals surface area contributed by atoms with Crippen molar-refractivity contribution in [2.75, 3.05) is 5.73 Å². The molecule has 0 atom stereocenters. The Bertz CT molecular complexity index is 714. The van der Waals surface area contributed by atoms with E-state index in [0.717, 1.165) is 11.3 Å². The molecule has 19 heavy (non-hydrogen) atoms. The van der Waals surface area contributed by atoms with Crippen molar-refractivity contribution >= 4 is 5.82 Å². The van der Waals surface area contributed by atoms with Gasteiger partial charge in [-0.1, -0.05) is 23.4 Å². The normalized spacial score (nSPS) is 10.8. The van der Waals surface area contributed by atoms with Gasteiger partial charge < -0.3 is 10.3 Å². The summed E-state index contributed by atoms with van der Waals surface area (Å²) in [5.41, 5.74) is 8.42. The highest BCUT2D eigenvalue weighted by Crippen LogP contribution is 2.27. The molecule has 0 aliphatic rings. The van der Waals surface area contributed by atoms with Crippen LogP contribution in [-0.2, 0) is 0 Å². The van der Waals surface area contributed by atoms with Gasteiger partial charge in [-0.15, -0.1) is 0 Å². The van der Waals surface area contributed by atoms with Crippen LogP contribution in [-0.4, -0.2) is 19.9 Å². The topological polar surface area (TPSA) is 82.8 Å². The third-order valence-electron chi connectivity index (χ3n) is 2.90. The highest BCUT2D eigenvalue weighted by Gasteiger charge is 2.18. The number of benzene rings is 1. The molecule has 0 unspecified atom stereocenters. The van der Waals surface area contributed by atoms with Crippen LogP contribution in [0.3, 0.4) is 0 Å². The third kappa shape index (κ3) is 1.87. The van der Waals surface area contributed by atoms with Gasteiger partial charge >= 0.3 is 0 Å². The van der Waals surface area contributed by atoms with Crippen LogP contribution in [0.25, 0.3) is 17.3 Å². The number of nitrogens with two attached hydrogens (primary N) is 1. The molecule has 0 saturated heterocycles. The maximum atomic E-state index is 6.09. The van der Waals surface area contributed by atoms with Gasteiger partial charge in [0.1, 0.15) is 5.82 Å². The molecule has 1 aromatic carbocycles. The molecule has 0 fully saturated rings. The first-order chi connectivity index (χ1) is 9.16. The Labute approximate surface area is 109 Å². The van der Waals surface area contributed by atoms with Crippen molar-refractivity contribution in [3.05, 3.63) is 41.7 Å². The summed E-state index contributed by atoms with van der Waals surface area (Å²) in [6.07, 6.45) is 0. The zero-order valence-electron chi connectivity index (χ0n) is 10.7. The van der Waals surface area contributed by atoms with Gasteiger partial charge in [0.15, 0.2) is 11.5 Å². The minimum atomic E-state index is 0.386. The van der Waals surface area contributed by atoms with Crippen molar-refractivity contribution in [2.24, 2.45) is 0 Å². The Morgan fingerprint density at radius 2 is 1.89 bits per heavy atom. The lowest BCUT2D eigenvalue weighted by Crippen LogP contribution is -2.01. The second-order valence-electron chi connectivity index (χ2n) is 4.25. The number of aryl methyl sites for hydroxylation is 1. The van der Waals surface area contributed by atoms with E-state index in [1.165, 1.54) is 0 Å². The third-order valence-corrected chi connectivity index (χ3v) is 2.90. The molecule has 0 bridgehead atoms. The van der Waals surface area contributed by atoms with Gasteiger partial charge in [-0.2, -0.15) is 10.1 Å². The van der Waals surface area contributed by atoms with Crippen molar-refractivity contribution in [1.29, 1.82) is 0 Å². The zero-order chi connectivity index (χ0) is 13.4. The summed E-state index contributed by atoms with van der Waals surface area (Å²) in [5.74, 6) is 1.52. The number of nitrogen functional groups attached to an aromatic ring is 1. The first-order valence-electron chi connectivity index (χ1n) is 5.88. The lowest BCUT2D eigenvalue weighted by molar-refractivity contribution is 0.424. The summed E-state index contributed by atoms with van der Waals surface area (Å²) in [6.45, 7) is 3.65. The first-order valence-corrected chi connectivity index (χ1v) is 5.88. The average molecular weight is 255 g/mol. The average Bonchev–Trinajstić information content (AvgIpc) is 2.97. The number of nitrogens with zero attached hydrogens (tertiary/aromatic N) is 4. The van der Waals surface area contributed by atoms with Crippen molar-refractivity contribution < 1.29 is 4.52 Å². The molecule has 6 heteroatoms. The number of para-hydroxylation sites is 1. The molecule has 6 nitrogen and oxygen atoms in total. The van der Waals surface area contributed by atoms with Crippen LogP contribution in [0.5, 0.6) is 0 Å². The van der Waals surface area contributed by atoms with Gasteiger partial charge in [-0.05, 0) is 26.0 Å². The largest absolute Gasteiger partial charge is 0.383 e. The Kier molecular flexibility index (Phi) is 2.56. The van der Waals surface area contributed by atoms with Crippen molar-refractivity contribution in [3.63, 3.8) is 0 Å². The predicted octanol–water partition coefficient (Wildman–Crippen LogP) is 2.12. The maximum absolute atomic E-state index is 6.09. The molecular weight excluding hydrogens is 242 g/mol. The van der Waals surface area contributed by atoms with Gasteiger partial charge in [0.25, 0.3) is 5.89 Å². The minimum Gasteiger partial charge on any atom is -0.383 e. The number of rotatable bonds is 2. The quantitative estimate of drug-likeness (QED) is 0.758. The molecule has 0 amide bonds. The lowest BCUT2D eigenvalue weighted by Gasteiger charge is -2.02. The van der Waals surface area contributed by atoms with Gasteiger partial charge in [0.05, 0.1) is 5.69 Å². The van der Waals surface area contributed by atoms with Crippen LogP contribution in [0.2, 0.25) is 0 Å². The second-order valence-corrected chi connectivity index (χ2v) is 4.25. The van der Waals surface area contributed by atoms with E-state index in [1.807, 2.05) is 37.3 Å². The highest BCUT2D eigenvalue weighted by molar-refractivity contribution is 5.63. The zero-order valence-corrected chi connectivity index (χ0v) is 10.7. The minimum absolute atomic E-state index is 0.386. The molecule has 3 rings (SSSR count). The van der Waals surface area contributed by atoms with E-state index in [1.54, 1.807) is 11.6 Å². The summed E-state index contributed by atoms with van der Waals surface area (Å²) >= 11 is 0. The van der Waals surface area contributed by atoms with Crippen molar-refractivity contribution in [3.8, 4) is 17.3 Å². The summed E-state index contributed by atoms with van der Waals surface area (Å²) in [6, 6.07) is 9.68. The highest BCUT2D eigenvalue weighted by atomic mass is 16.5. The predicted molar refractivity (Wildman–Crippen MR) is 70.7 cm³/mol. The van der Waals surface area contributed by atoms with Crippen molar-refractivity contribution in [2.45, 2.75) is 13.8 Å². The van der Waals surface area contributed by atoms with E-state index in [2.05, 4.69) is 15.2 Å². The summed E-state index contributed by atoms with van der Waals surface area (Å²) in [4.78, 5) is 4.18. The fourth-order valence-corrected chi connectivity index (χ4v) is 1.87. The number of anilines is 1. The maximum Gasteiger partial charge on any atom is 0.278 e. The number of aromatic nitrogens is 4. The van der Waals surface area contributed by atoms with E-state index >= 15 is 0 Å². The van der Waals surface area contributed by atoms with Crippen LogP contribution in [0, 0.1) is 13.8 Å². The van der Waals surface area contributed by atoms with Gasteiger partial charge in [-0.25, -0.2) is 4.68 Å². The van der Waals surface area contributed by atoms with Gasteiger partial charge in [-0.3, -0.25) is 0 Å². The molecule has 2 aromatic heterocycles. The van der Waals surface area contributed by atoms with Gasteiger partial charge in [0, 0.05) is 5.56 Å². The first kappa shape index (κ1) is 11.5. The van der Waals surface area contributed by atoms with Crippen LogP contribution in [0.4, 0.5) is 5.82 Å². The Hall–Kier alpha value is -2.63. The molecule has 0 saturated carbocycles. The molecule has 3 aromatic rings. The fraction of sp³-hybridized carbons (Fsp3) is 0.154. The van der Waals surface area contributed by atoms with E-state index in [4.69, 9.17) is 10.3 Å². The Morgan fingerprint density at radius 3 is 2.53 bits per heavy atom. The molecular formula is C13H13N5O. The monoisotopic (exact) mass is 255 g/mol. The van der Waals surface area contributed by atoms with Crippen molar-refractivity contribution in [1.82, 2.24) is 19.9 Å². The number of hydrogen-bond donors (Lipinski definition) is 1. The standard InChI is InChI=1S/C13H13N5O/c1-8-11(13-15-9(2)17-19-13)16-18(12(8)14)10-6-4-3-5-7-10/h3-7H,14H2,1-2H3. The fourth-order valence-electron chi connectivity index (χ4n) is 1.87. The van der Waals surface area contributed by atoms with Crippen LogP contribution in [0.1, 0.15) is 11.4 Å². The molecule has 2 N–H and O–H groups in total.